The molecule has 4 nitrogen and oxygen atoms in total. The predicted octanol–water partition coefficient (Wildman–Crippen LogP) is 8.28. The monoisotopic (exact) mass is 525 g/mol. The molecule has 37 heavy (non-hydrogen) atoms. The van der Waals surface area contributed by atoms with Crippen LogP contribution in [0.4, 0.5) is 5.69 Å². The van der Waals surface area contributed by atoms with Crippen LogP contribution in [0.2, 0.25) is 5.02 Å². The number of fused-ring (bicyclic) bond motifs is 1. The van der Waals surface area contributed by atoms with Crippen LogP contribution in [0.5, 0.6) is 0 Å². The lowest BCUT2D eigenvalue weighted by Gasteiger charge is -2.30. The molecule has 6 heteroatoms. The number of aromatic nitrogens is 1. The maximum atomic E-state index is 13.8. The average molecular weight is 526 g/mol. The van der Waals surface area contributed by atoms with Crippen molar-refractivity contribution in [3.8, 4) is 0 Å². The van der Waals surface area contributed by atoms with Gasteiger partial charge in [0.05, 0.1) is 10.6 Å². The maximum Gasteiger partial charge on any atom is 0.267 e. The lowest BCUT2D eigenvalue weighted by molar-refractivity contribution is -0.124. The molecule has 2 heterocycles. The summed E-state index contributed by atoms with van der Waals surface area (Å²) < 4.78 is 2.24. The molecule has 0 bridgehead atoms. The number of carbonyl (C=O) groups is 1. The van der Waals surface area contributed by atoms with Gasteiger partial charge in [-0.1, -0.05) is 79.4 Å². The number of amidine groups is 1. The van der Waals surface area contributed by atoms with Crippen molar-refractivity contribution >= 4 is 57.1 Å². The number of aliphatic imine (C=N–C) groups is 1. The van der Waals surface area contributed by atoms with Crippen molar-refractivity contribution in [2.24, 2.45) is 4.99 Å². The maximum absolute atomic E-state index is 13.8. The van der Waals surface area contributed by atoms with E-state index in [0.29, 0.717) is 0 Å². The molecule has 2 fully saturated rings. The number of thioether (sulfide) groups is 1. The molecule has 186 valence electrons. The van der Waals surface area contributed by atoms with Crippen LogP contribution in [-0.4, -0.2) is 26.6 Å². The minimum Gasteiger partial charge on any atom is -0.342 e. The summed E-state index contributed by atoms with van der Waals surface area (Å²) in [4.78, 5) is 21.4. The number of carbonyl (C=O) groups excluding carboxylic acids is 1. The Hall–Kier alpha value is -3.28. The molecular formula is C31H28ClN3OS. The summed E-state index contributed by atoms with van der Waals surface area (Å²) in [6, 6.07) is 26.5. The van der Waals surface area contributed by atoms with Gasteiger partial charge in [-0.2, -0.15) is 0 Å². The van der Waals surface area contributed by atoms with E-state index in [1.807, 2.05) is 47.4 Å². The zero-order chi connectivity index (χ0) is 25.2. The van der Waals surface area contributed by atoms with Gasteiger partial charge >= 0.3 is 0 Å². The van der Waals surface area contributed by atoms with Crippen molar-refractivity contribution < 1.29 is 4.79 Å². The fourth-order valence-electron chi connectivity index (χ4n) is 5.29. The smallest absolute Gasteiger partial charge is 0.267 e. The molecule has 1 aliphatic heterocycles. The summed E-state index contributed by atoms with van der Waals surface area (Å²) in [5, 5.41) is 2.66. The van der Waals surface area contributed by atoms with E-state index in [1.165, 1.54) is 23.7 Å². The molecule has 1 aromatic heterocycles. The van der Waals surface area contributed by atoms with E-state index < -0.39 is 0 Å². The van der Waals surface area contributed by atoms with Gasteiger partial charge in [-0.05, 0) is 66.6 Å². The second-order valence-electron chi connectivity index (χ2n) is 9.66. The molecule has 0 atom stereocenters. The van der Waals surface area contributed by atoms with Crippen LogP contribution in [0, 0.1) is 0 Å². The molecule has 1 amide bonds. The largest absolute Gasteiger partial charge is 0.342 e. The second-order valence-corrected chi connectivity index (χ2v) is 11.1. The van der Waals surface area contributed by atoms with Gasteiger partial charge in [0.1, 0.15) is 0 Å². The highest BCUT2D eigenvalue weighted by atomic mass is 35.5. The summed E-state index contributed by atoms with van der Waals surface area (Å²) in [6.45, 7) is 0.733. The summed E-state index contributed by atoms with van der Waals surface area (Å²) in [7, 11) is 0. The summed E-state index contributed by atoms with van der Waals surface area (Å²) in [5.74, 6) is 0.0705. The molecule has 0 N–H and O–H groups in total. The van der Waals surface area contributed by atoms with Crippen molar-refractivity contribution in [1.29, 1.82) is 0 Å². The van der Waals surface area contributed by atoms with E-state index >= 15 is 0 Å². The van der Waals surface area contributed by atoms with Gasteiger partial charge in [0, 0.05) is 40.3 Å². The number of rotatable bonds is 5. The number of para-hydroxylation sites is 2. The molecule has 6 rings (SSSR count). The molecular weight excluding hydrogens is 498 g/mol. The van der Waals surface area contributed by atoms with Gasteiger partial charge in [-0.25, -0.2) is 4.99 Å². The highest BCUT2D eigenvalue weighted by Crippen LogP contribution is 2.39. The van der Waals surface area contributed by atoms with Crippen LogP contribution in [0.3, 0.4) is 0 Å². The van der Waals surface area contributed by atoms with Crippen molar-refractivity contribution in [2.45, 2.75) is 44.7 Å². The zero-order valence-electron chi connectivity index (χ0n) is 20.5. The van der Waals surface area contributed by atoms with E-state index in [2.05, 4.69) is 53.2 Å². The Morgan fingerprint density at radius 1 is 0.919 bits per heavy atom. The van der Waals surface area contributed by atoms with E-state index in [4.69, 9.17) is 16.6 Å². The first kappa shape index (κ1) is 24.1. The Bertz CT molecular complexity index is 1480. The Labute approximate surface area is 226 Å². The van der Waals surface area contributed by atoms with Gasteiger partial charge in [-0.15, -0.1) is 0 Å². The van der Waals surface area contributed by atoms with Gasteiger partial charge in [0.25, 0.3) is 5.91 Å². The first-order valence-corrected chi connectivity index (χ1v) is 14.0. The second kappa shape index (κ2) is 10.6. The molecule has 2 aliphatic rings. The Balaban J connectivity index is 1.38. The number of nitrogens with zero attached hydrogens (tertiary/aromatic N) is 3. The lowest BCUT2D eigenvalue weighted by atomic mass is 9.94. The average Bonchev–Trinajstić information content (AvgIpc) is 3.43. The first-order valence-electron chi connectivity index (χ1n) is 12.8. The summed E-state index contributed by atoms with van der Waals surface area (Å²) >= 11 is 7.59. The zero-order valence-corrected chi connectivity index (χ0v) is 22.1. The number of halogens is 1. The summed E-state index contributed by atoms with van der Waals surface area (Å²) in [5.41, 5.74) is 4.24. The number of benzene rings is 3. The SMILES string of the molecule is O=C1/C(=C/c2cn(Cc3ccc(Cl)cc3)c3ccccc23)SC(=Nc2ccccc2)N1C1CCCCC1. The van der Waals surface area contributed by atoms with Crippen LogP contribution < -0.4 is 0 Å². The van der Waals surface area contributed by atoms with E-state index in [-0.39, 0.29) is 11.9 Å². The number of hydrogen-bond acceptors (Lipinski definition) is 3. The fourth-order valence-corrected chi connectivity index (χ4v) is 6.46. The Morgan fingerprint density at radius 3 is 2.43 bits per heavy atom. The van der Waals surface area contributed by atoms with Gasteiger partial charge in [-0.3, -0.25) is 9.69 Å². The highest BCUT2D eigenvalue weighted by molar-refractivity contribution is 8.18. The van der Waals surface area contributed by atoms with Crippen LogP contribution in [0.15, 0.2) is 95.0 Å². The minimum atomic E-state index is 0.0705. The molecule has 1 saturated heterocycles. The minimum absolute atomic E-state index is 0.0705. The molecule has 3 aromatic carbocycles. The van der Waals surface area contributed by atoms with E-state index in [0.717, 1.165) is 69.5 Å². The van der Waals surface area contributed by atoms with Crippen LogP contribution in [0.1, 0.15) is 43.2 Å². The molecule has 1 aliphatic carbocycles. The first-order chi connectivity index (χ1) is 18.2. The molecule has 0 radical (unpaired) electrons. The molecule has 0 spiro atoms. The van der Waals surface area contributed by atoms with Crippen molar-refractivity contribution in [3.05, 3.63) is 106 Å². The lowest BCUT2D eigenvalue weighted by Crippen LogP contribution is -2.40. The van der Waals surface area contributed by atoms with Gasteiger partial charge in [0.2, 0.25) is 0 Å². The third-order valence-corrected chi connectivity index (χ3v) is 8.36. The van der Waals surface area contributed by atoms with Gasteiger partial charge in [0.15, 0.2) is 5.17 Å². The van der Waals surface area contributed by atoms with Crippen molar-refractivity contribution in [3.63, 3.8) is 0 Å². The number of amides is 1. The van der Waals surface area contributed by atoms with Crippen molar-refractivity contribution in [2.75, 3.05) is 0 Å². The third-order valence-electron chi connectivity index (χ3n) is 7.13. The Morgan fingerprint density at radius 2 is 1.65 bits per heavy atom. The Kier molecular flexibility index (Phi) is 6.90. The van der Waals surface area contributed by atoms with Crippen LogP contribution >= 0.6 is 23.4 Å². The third kappa shape index (κ3) is 5.11. The summed E-state index contributed by atoms with van der Waals surface area (Å²) in [6.07, 6.45) is 9.84. The normalized spacial score (nSPS) is 18.9. The molecule has 4 aromatic rings. The standard InChI is InChI=1S/C31H28ClN3OS/c32-24-17-15-22(16-18-24)20-34-21-23(27-13-7-8-14-28(27)34)19-29-30(36)35(26-11-5-2-6-12-26)31(37-29)33-25-9-3-1-4-10-25/h1,3-4,7-10,13-19,21,26H,2,5-6,11-12,20H2/b29-19-,33-31?. The predicted molar refractivity (Wildman–Crippen MR) is 155 cm³/mol. The molecule has 1 saturated carbocycles. The van der Waals surface area contributed by atoms with E-state index in [9.17, 15) is 4.79 Å². The van der Waals surface area contributed by atoms with Crippen LogP contribution in [0.25, 0.3) is 17.0 Å². The van der Waals surface area contributed by atoms with Crippen molar-refractivity contribution in [1.82, 2.24) is 9.47 Å². The topological polar surface area (TPSA) is 37.6 Å². The fraction of sp³-hybridized carbons (Fsp3) is 0.226. The molecule has 0 unspecified atom stereocenters. The van der Waals surface area contributed by atoms with Crippen LogP contribution in [-0.2, 0) is 11.3 Å². The number of hydrogen-bond donors (Lipinski definition) is 0. The quantitative estimate of drug-likeness (QED) is 0.246. The van der Waals surface area contributed by atoms with Gasteiger partial charge < -0.3 is 4.57 Å². The highest BCUT2D eigenvalue weighted by Gasteiger charge is 2.38. The van der Waals surface area contributed by atoms with E-state index in [1.54, 1.807) is 0 Å².